The molecule has 3 aromatic carbocycles. The third-order valence-electron chi connectivity index (χ3n) is 8.46. The second-order valence-corrected chi connectivity index (χ2v) is 12.8. The number of amides is 1. The van der Waals surface area contributed by atoms with Gasteiger partial charge in [0.2, 0.25) is 0 Å². The number of piperidine rings is 1. The molecule has 8 nitrogen and oxygen atoms in total. The Hall–Kier alpha value is -3.79. The highest BCUT2D eigenvalue weighted by atomic mass is 35.5. The normalized spacial score (nSPS) is 15.4. The Labute approximate surface area is 274 Å². The topological polar surface area (TPSA) is 79.8 Å². The van der Waals surface area contributed by atoms with E-state index in [4.69, 9.17) is 26.1 Å². The van der Waals surface area contributed by atoms with Crippen LogP contribution < -0.4 is 19.7 Å². The summed E-state index contributed by atoms with van der Waals surface area (Å²) in [7, 11) is 3.31. The maximum atomic E-state index is 13.0. The fourth-order valence-corrected chi connectivity index (χ4v) is 6.97. The SMILES string of the molecule is COc1cc2c(cc1OC)CN(c1cc(Cl)nc(SCc3ccc(C(=O)NC4CCN(Cc5ccccc5)CC4)cc3)n1)CC2. The molecule has 0 aliphatic carbocycles. The van der Waals surface area contributed by atoms with Gasteiger partial charge < -0.3 is 19.7 Å². The molecule has 234 valence electrons. The van der Waals surface area contributed by atoms with Gasteiger partial charge in [0.1, 0.15) is 11.0 Å². The summed E-state index contributed by atoms with van der Waals surface area (Å²) in [5, 5.41) is 4.27. The van der Waals surface area contributed by atoms with E-state index < -0.39 is 0 Å². The molecule has 6 rings (SSSR count). The first-order valence-electron chi connectivity index (χ1n) is 15.3. The number of nitrogens with one attached hydrogen (secondary N) is 1. The molecule has 10 heteroatoms. The van der Waals surface area contributed by atoms with Crippen LogP contribution in [-0.2, 0) is 25.3 Å². The Morgan fingerprint density at radius 3 is 2.33 bits per heavy atom. The summed E-state index contributed by atoms with van der Waals surface area (Å²) in [6.45, 7) is 4.44. The average molecular weight is 644 g/mol. The van der Waals surface area contributed by atoms with Gasteiger partial charge in [-0.1, -0.05) is 65.8 Å². The second kappa shape index (κ2) is 14.5. The quantitative estimate of drug-likeness (QED) is 0.121. The van der Waals surface area contributed by atoms with E-state index in [1.54, 1.807) is 14.2 Å². The third kappa shape index (κ3) is 7.90. The van der Waals surface area contributed by atoms with Gasteiger partial charge in [-0.05, 0) is 65.8 Å². The van der Waals surface area contributed by atoms with Crippen molar-refractivity contribution in [2.45, 2.75) is 49.3 Å². The first kappa shape index (κ1) is 31.2. The zero-order chi connectivity index (χ0) is 31.2. The molecular weight excluding hydrogens is 606 g/mol. The lowest BCUT2D eigenvalue weighted by Crippen LogP contribution is -2.44. The van der Waals surface area contributed by atoms with Crippen LogP contribution in [0.4, 0.5) is 5.82 Å². The van der Waals surface area contributed by atoms with Crippen molar-refractivity contribution in [3.05, 3.63) is 106 Å². The number of anilines is 1. The van der Waals surface area contributed by atoms with Crippen molar-refractivity contribution in [2.24, 2.45) is 0 Å². The Balaban J connectivity index is 1.01. The lowest BCUT2D eigenvalue weighted by Gasteiger charge is -2.32. The van der Waals surface area contributed by atoms with Crippen LogP contribution in [0.2, 0.25) is 5.15 Å². The van der Waals surface area contributed by atoms with E-state index >= 15 is 0 Å². The third-order valence-corrected chi connectivity index (χ3v) is 9.57. The van der Waals surface area contributed by atoms with Gasteiger partial charge in [-0.15, -0.1) is 0 Å². The molecule has 1 amide bonds. The van der Waals surface area contributed by atoms with Gasteiger partial charge in [-0.2, -0.15) is 0 Å². The predicted octanol–water partition coefficient (Wildman–Crippen LogP) is 6.40. The highest BCUT2D eigenvalue weighted by Crippen LogP contribution is 2.35. The maximum Gasteiger partial charge on any atom is 0.251 e. The number of ether oxygens (including phenoxy) is 2. The predicted molar refractivity (Wildman–Crippen MR) is 180 cm³/mol. The number of methoxy groups -OCH3 is 2. The van der Waals surface area contributed by atoms with Gasteiger partial charge in [0.05, 0.1) is 14.2 Å². The summed E-state index contributed by atoms with van der Waals surface area (Å²) in [6.07, 6.45) is 2.79. The second-order valence-electron chi connectivity index (χ2n) is 11.5. The lowest BCUT2D eigenvalue weighted by molar-refractivity contribution is 0.0909. The molecule has 0 saturated carbocycles. The Bertz CT molecular complexity index is 1610. The number of rotatable bonds is 10. The first-order valence-corrected chi connectivity index (χ1v) is 16.7. The maximum absolute atomic E-state index is 13.0. The van der Waals surface area contributed by atoms with E-state index in [-0.39, 0.29) is 11.9 Å². The van der Waals surface area contributed by atoms with E-state index in [0.717, 1.165) is 68.3 Å². The van der Waals surface area contributed by atoms with Crippen LogP contribution in [0.3, 0.4) is 0 Å². The molecule has 2 aliphatic heterocycles. The molecule has 4 aromatic rings. The van der Waals surface area contributed by atoms with Crippen molar-refractivity contribution in [3.63, 3.8) is 0 Å². The highest BCUT2D eigenvalue weighted by molar-refractivity contribution is 7.98. The molecular formula is C35H38ClN5O3S. The number of hydrogen-bond donors (Lipinski definition) is 1. The first-order chi connectivity index (χ1) is 22.0. The zero-order valence-corrected chi connectivity index (χ0v) is 27.2. The minimum Gasteiger partial charge on any atom is -0.493 e. The van der Waals surface area contributed by atoms with E-state index in [0.29, 0.717) is 28.2 Å². The van der Waals surface area contributed by atoms with Gasteiger partial charge >= 0.3 is 0 Å². The van der Waals surface area contributed by atoms with Crippen LogP contribution in [0, 0.1) is 0 Å². The molecule has 2 aliphatic rings. The van der Waals surface area contributed by atoms with E-state index in [9.17, 15) is 4.79 Å². The van der Waals surface area contributed by atoms with Gasteiger partial charge in [-0.3, -0.25) is 9.69 Å². The lowest BCUT2D eigenvalue weighted by atomic mass is 9.99. The van der Waals surface area contributed by atoms with Crippen molar-refractivity contribution in [1.82, 2.24) is 20.2 Å². The minimum absolute atomic E-state index is 0.0160. The largest absolute Gasteiger partial charge is 0.493 e. The highest BCUT2D eigenvalue weighted by Gasteiger charge is 2.23. The Morgan fingerprint density at radius 1 is 0.911 bits per heavy atom. The number of thioether (sulfide) groups is 1. The smallest absolute Gasteiger partial charge is 0.251 e. The molecule has 0 unspecified atom stereocenters. The number of nitrogens with zero attached hydrogens (tertiary/aromatic N) is 4. The van der Waals surface area contributed by atoms with Gasteiger partial charge in [0.25, 0.3) is 5.91 Å². The number of benzene rings is 3. The number of fused-ring (bicyclic) bond motifs is 1. The number of aromatic nitrogens is 2. The van der Waals surface area contributed by atoms with Crippen molar-refractivity contribution in [2.75, 3.05) is 38.8 Å². The summed E-state index contributed by atoms with van der Waals surface area (Å²) in [5.74, 6) is 2.92. The van der Waals surface area contributed by atoms with Crippen LogP contribution >= 0.6 is 23.4 Å². The molecule has 1 aromatic heterocycles. The van der Waals surface area contributed by atoms with Crippen LogP contribution in [-0.4, -0.2) is 60.7 Å². The van der Waals surface area contributed by atoms with E-state index in [2.05, 4.69) is 50.4 Å². The molecule has 1 saturated heterocycles. The van der Waals surface area contributed by atoms with Crippen LogP contribution in [0.15, 0.2) is 78.0 Å². The van der Waals surface area contributed by atoms with Gasteiger partial charge in [0.15, 0.2) is 16.7 Å². The molecule has 1 fully saturated rings. The van der Waals surface area contributed by atoms with E-state index in [1.807, 2.05) is 42.5 Å². The standard InChI is InChI=1S/C35H38ClN5O3S/c1-43-30-18-27-12-17-41(22-28(27)19-31(30)44-2)33-20-32(36)38-35(39-33)45-23-25-8-10-26(11-9-25)34(42)37-29-13-15-40(16-14-29)21-24-6-4-3-5-7-24/h3-11,18-20,29H,12-17,21-23H2,1-2H3,(H,37,42). The van der Waals surface area contributed by atoms with Crippen LogP contribution in [0.5, 0.6) is 11.5 Å². The molecule has 0 atom stereocenters. The average Bonchev–Trinajstić information content (AvgIpc) is 3.07. The van der Waals surface area contributed by atoms with Crippen LogP contribution in [0.25, 0.3) is 0 Å². The summed E-state index contributed by atoms with van der Waals surface area (Å²) in [6, 6.07) is 24.5. The molecule has 1 N–H and O–H groups in total. The summed E-state index contributed by atoms with van der Waals surface area (Å²) < 4.78 is 11.0. The zero-order valence-electron chi connectivity index (χ0n) is 25.7. The molecule has 3 heterocycles. The summed E-state index contributed by atoms with van der Waals surface area (Å²) >= 11 is 7.97. The van der Waals surface area contributed by atoms with Crippen molar-refractivity contribution in [3.8, 4) is 11.5 Å². The number of likely N-dealkylation sites (tertiary alicyclic amines) is 1. The van der Waals surface area contributed by atoms with Crippen molar-refractivity contribution in [1.29, 1.82) is 0 Å². The number of halogens is 1. The fraction of sp³-hybridized carbons (Fsp3) is 0.343. The number of carbonyl (C=O) groups excluding carboxylic acids is 1. The van der Waals surface area contributed by atoms with E-state index in [1.165, 1.54) is 28.5 Å². The van der Waals surface area contributed by atoms with Crippen molar-refractivity contribution >= 4 is 35.1 Å². The summed E-state index contributed by atoms with van der Waals surface area (Å²) in [4.78, 5) is 26.9. The van der Waals surface area contributed by atoms with Crippen molar-refractivity contribution < 1.29 is 14.3 Å². The van der Waals surface area contributed by atoms with Gasteiger partial charge in [-0.25, -0.2) is 9.97 Å². The monoisotopic (exact) mass is 643 g/mol. The molecule has 0 radical (unpaired) electrons. The summed E-state index contributed by atoms with van der Waals surface area (Å²) in [5.41, 5.74) is 5.53. The number of hydrogen-bond acceptors (Lipinski definition) is 8. The Kier molecular flexibility index (Phi) is 10.1. The molecule has 0 bridgehead atoms. The van der Waals surface area contributed by atoms with Gasteiger partial charge in [0, 0.05) is 56.1 Å². The minimum atomic E-state index is -0.0160. The van der Waals surface area contributed by atoms with Crippen LogP contribution in [0.1, 0.15) is 45.5 Å². The molecule has 0 spiro atoms. The Morgan fingerprint density at radius 2 is 1.62 bits per heavy atom. The fourth-order valence-electron chi connectivity index (χ4n) is 5.94. The molecule has 45 heavy (non-hydrogen) atoms. The number of carbonyl (C=O) groups is 1.